The first kappa shape index (κ1) is 16.9. The van der Waals surface area contributed by atoms with Gasteiger partial charge in [-0.15, -0.1) is 0 Å². The minimum absolute atomic E-state index is 0.0268. The van der Waals surface area contributed by atoms with E-state index in [1.807, 2.05) is 13.8 Å². The molecule has 0 atom stereocenters. The molecule has 1 amide bonds. The molecule has 0 radical (unpaired) electrons. The number of hydrogen-bond donors (Lipinski definition) is 1. The van der Waals surface area contributed by atoms with Crippen LogP contribution in [0.15, 0.2) is 18.2 Å². The van der Waals surface area contributed by atoms with Crippen LogP contribution in [0.1, 0.15) is 30.6 Å². The minimum atomic E-state index is -0.580. The maximum absolute atomic E-state index is 13.8. The van der Waals surface area contributed by atoms with Gasteiger partial charge in [-0.3, -0.25) is 4.79 Å². The number of benzene rings is 1. The van der Waals surface area contributed by atoms with Crippen molar-refractivity contribution in [3.05, 3.63) is 34.6 Å². The molecule has 110 valence electrons. The van der Waals surface area contributed by atoms with Gasteiger partial charge in [-0.2, -0.15) is 0 Å². The van der Waals surface area contributed by atoms with Gasteiger partial charge < -0.3 is 10.6 Å². The van der Waals surface area contributed by atoms with E-state index in [-0.39, 0.29) is 11.5 Å². The molecule has 0 aliphatic carbocycles. The van der Waals surface area contributed by atoms with Crippen LogP contribution in [-0.4, -0.2) is 28.9 Å². The summed E-state index contributed by atoms with van der Waals surface area (Å²) in [5, 5.41) is 0.327. The Morgan fingerprint density at radius 1 is 1.50 bits per heavy atom. The highest BCUT2D eigenvalue weighted by molar-refractivity contribution is 7.80. The summed E-state index contributed by atoms with van der Waals surface area (Å²) in [5.74, 6) is -0.717. The van der Waals surface area contributed by atoms with Gasteiger partial charge in [0.1, 0.15) is 5.82 Å². The quantitative estimate of drug-likeness (QED) is 0.819. The lowest BCUT2D eigenvalue weighted by atomic mass is 10.1. The van der Waals surface area contributed by atoms with E-state index in [1.54, 1.807) is 4.90 Å². The molecule has 0 saturated carbocycles. The van der Waals surface area contributed by atoms with Crippen molar-refractivity contribution in [1.29, 1.82) is 0 Å². The van der Waals surface area contributed by atoms with Gasteiger partial charge in [-0.1, -0.05) is 37.7 Å². The smallest absolute Gasteiger partial charge is 0.256 e. The average Bonchev–Trinajstić information content (AvgIpc) is 2.36. The zero-order valence-electron chi connectivity index (χ0n) is 11.5. The highest BCUT2D eigenvalue weighted by atomic mass is 35.5. The molecule has 0 aliphatic heterocycles. The lowest BCUT2D eigenvalue weighted by molar-refractivity contribution is 0.0736. The van der Waals surface area contributed by atoms with Gasteiger partial charge in [0.05, 0.1) is 10.6 Å². The number of amides is 1. The number of halogens is 2. The Morgan fingerprint density at radius 3 is 2.70 bits per heavy atom. The van der Waals surface area contributed by atoms with Crippen molar-refractivity contribution in [2.75, 3.05) is 13.1 Å². The lowest BCUT2D eigenvalue weighted by Crippen LogP contribution is -2.37. The fraction of sp³-hybridized carbons (Fsp3) is 0.429. The maximum Gasteiger partial charge on any atom is 0.256 e. The lowest BCUT2D eigenvalue weighted by Gasteiger charge is -2.24. The largest absolute Gasteiger partial charge is 0.393 e. The standard InChI is InChI=1S/C14H18ClFN2OS/c1-9(2)8-18(6-5-13(17)20)14(19)11-7-10(15)3-4-12(11)16/h3-4,7,9H,5-6,8H2,1-2H3,(H2,17,20). The molecule has 0 aliphatic rings. The van der Waals surface area contributed by atoms with E-state index in [0.717, 1.165) is 0 Å². The van der Waals surface area contributed by atoms with E-state index in [4.69, 9.17) is 29.6 Å². The van der Waals surface area contributed by atoms with Crippen LogP contribution in [0.5, 0.6) is 0 Å². The molecule has 20 heavy (non-hydrogen) atoms. The van der Waals surface area contributed by atoms with Gasteiger partial charge in [-0.25, -0.2) is 4.39 Å². The monoisotopic (exact) mass is 316 g/mol. The molecule has 1 aromatic carbocycles. The third-order valence-electron chi connectivity index (χ3n) is 2.66. The Bertz CT molecular complexity index is 508. The van der Waals surface area contributed by atoms with E-state index in [1.165, 1.54) is 18.2 Å². The Morgan fingerprint density at radius 2 is 2.15 bits per heavy atom. The maximum atomic E-state index is 13.8. The minimum Gasteiger partial charge on any atom is -0.393 e. The van der Waals surface area contributed by atoms with E-state index in [2.05, 4.69) is 0 Å². The summed E-state index contributed by atoms with van der Waals surface area (Å²) in [4.78, 5) is 14.3. The van der Waals surface area contributed by atoms with Crippen LogP contribution >= 0.6 is 23.8 Å². The van der Waals surface area contributed by atoms with E-state index >= 15 is 0 Å². The second-order valence-corrected chi connectivity index (χ2v) is 5.95. The number of hydrogen-bond acceptors (Lipinski definition) is 2. The number of carbonyl (C=O) groups is 1. The molecular formula is C14H18ClFN2OS. The fourth-order valence-corrected chi connectivity index (χ4v) is 2.06. The first-order valence-electron chi connectivity index (χ1n) is 6.34. The number of carbonyl (C=O) groups excluding carboxylic acids is 1. The van der Waals surface area contributed by atoms with Crippen LogP contribution in [-0.2, 0) is 0 Å². The Balaban J connectivity index is 2.96. The van der Waals surface area contributed by atoms with Crippen molar-refractivity contribution in [2.24, 2.45) is 11.7 Å². The normalized spacial score (nSPS) is 10.7. The highest BCUT2D eigenvalue weighted by Gasteiger charge is 2.20. The second kappa shape index (κ2) is 7.55. The SMILES string of the molecule is CC(C)CN(CCC(N)=S)C(=O)c1cc(Cl)ccc1F. The molecule has 0 heterocycles. The zero-order valence-corrected chi connectivity index (χ0v) is 13.1. The highest BCUT2D eigenvalue weighted by Crippen LogP contribution is 2.17. The zero-order chi connectivity index (χ0) is 15.3. The van der Waals surface area contributed by atoms with Crippen molar-refractivity contribution in [1.82, 2.24) is 4.90 Å². The molecule has 0 aromatic heterocycles. The van der Waals surface area contributed by atoms with Gasteiger partial charge in [0, 0.05) is 24.5 Å². The van der Waals surface area contributed by atoms with Crippen LogP contribution in [0.4, 0.5) is 4.39 Å². The molecule has 0 saturated heterocycles. The first-order valence-corrected chi connectivity index (χ1v) is 7.12. The van der Waals surface area contributed by atoms with Crippen LogP contribution in [0.25, 0.3) is 0 Å². The van der Waals surface area contributed by atoms with Crippen molar-refractivity contribution in [3.63, 3.8) is 0 Å². The molecule has 1 aromatic rings. The van der Waals surface area contributed by atoms with Crippen LogP contribution in [0.3, 0.4) is 0 Å². The number of thiocarbonyl (C=S) groups is 1. The van der Waals surface area contributed by atoms with Crippen LogP contribution in [0, 0.1) is 11.7 Å². The summed E-state index contributed by atoms with van der Waals surface area (Å²) >= 11 is 10.6. The summed E-state index contributed by atoms with van der Waals surface area (Å²) < 4.78 is 13.8. The Kier molecular flexibility index (Phi) is 6.36. The predicted octanol–water partition coefficient (Wildman–Crippen LogP) is 3.25. The van der Waals surface area contributed by atoms with E-state index in [0.29, 0.717) is 29.5 Å². The Labute approximate surface area is 128 Å². The van der Waals surface area contributed by atoms with Gasteiger partial charge in [0.25, 0.3) is 5.91 Å². The van der Waals surface area contributed by atoms with Crippen molar-refractivity contribution in [3.8, 4) is 0 Å². The van der Waals surface area contributed by atoms with Crippen LogP contribution in [0.2, 0.25) is 5.02 Å². The second-order valence-electron chi connectivity index (χ2n) is 4.99. The average molecular weight is 317 g/mol. The summed E-state index contributed by atoms with van der Waals surface area (Å²) in [6.07, 6.45) is 0.413. The molecule has 0 bridgehead atoms. The van der Waals surface area contributed by atoms with Crippen molar-refractivity contribution >= 4 is 34.7 Å². The van der Waals surface area contributed by atoms with E-state index in [9.17, 15) is 9.18 Å². The molecule has 0 fully saturated rings. The predicted molar refractivity (Wildman–Crippen MR) is 83.6 cm³/mol. The van der Waals surface area contributed by atoms with Gasteiger partial charge in [0.2, 0.25) is 0 Å². The molecule has 6 heteroatoms. The third kappa shape index (κ3) is 5.06. The summed E-state index contributed by atoms with van der Waals surface area (Å²) in [6.45, 7) is 4.84. The molecule has 3 nitrogen and oxygen atoms in total. The number of nitrogens with zero attached hydrogens (tertiary/aromatic N) is 1. The molecule has 2 N–H and O–H groups in total. The molecule has 0 spiro atoms. The number of nitrogens with two attached hydrogens (primary N) is 1. The van der Waals surface area contributed by atoms with Gasteiger partial charge in [0.15, 0.2) is 0 Å². The van der Waals surface area contributed by atoms with Crippen LogP contribution < -0.4 is 5.73 Å². The van der Waals surface area contributed by atoms with Crippen molar-refractivity contribution < 1.29 is 9.18 Å². The summed E-state index contributed by atoms with van der Waals surface area (Å²) in [7, 11) is 0. The van der Waals surface area contributed by atoms with Crippen molar-refractivity contribution in [2.45, 2.75) is 20.3 Å². The summed E-state index contributed by atoms with van der Waals surface area (Å²) in [6, 6.07) is 3.94. The molecular weight excluding hydrogens is 299 g/mol. The molecule has 0 unspecified atom stereocenters. The topological polar surface area (TPSA) is 46.3 Å². The van der Waals surface area contributed by atoms with E-state index < -0.39 is 11.7 Å². The third-order valence-corrected chi connectivity index (χ3v) is 3.10. The van der Waals surface area contributed by atoms with Gasteiger partial charge >= 0.3 is 0 Å². The fourth-order valence-electron chi connectivity index (χ4n) is 1.79. The summed E-state index contributed by atoms with van der Waals surface area (Å²) in [5.41, 5.74) is 5.44. The Hall–Kier alpha value is -1.20. The first-order chi connectivity index (χ1) is 9.31. The molecule has 1 rings (SSSR count). The number of rotatable bonds is 6. The van der Waals surface area contributed by atoms with Gasteiger partial charge in [-0.05, 0) is 24.1 Å².